The molecule has 0 saturated carbocycles. The van der Waals surface area contributed by atoms with Gasteiger partial charge in [-0.15, -0.1) is 5.92 Å². The number of rotatable bonds is 8. The summed E-state index contributed by atoms with van der Waals surface area (Å²) >= 11 is 4.14. The zero-order chi connectivity index (χ0) is 13.8. The average Bonchev–Trinajstić information content (AvgIpc) is 2.34. The SMILES string of the molecule is CCCCCCC#CCC(=O)C(S)CNC(C)=O. The Morgan fingerprint density at radius 1 is 1.22 bits per heavy atom. The summed E-state index contributed by atoms with van der Waals surface area (Å²) in [7, 11) is 0. The molecule has 0 aliphatic carbocycles. The van der Waals surface area contributed by atoms with Crippen molar-refractivity contribution in [2.24, 2.45) is 0 Å². The molecule has 1 unspecified atom stereocenters. The predicted octanol–water partition coefficient (Wildman–Crippen LogP) is 2.35. The van der Waals surface area contributed by atoms with Crippen LogP contribution in [0, 0.1) is 11.8 Å². The minimum Gasteiger partial charge on any atom is -0.355 e. The van der Waals surface area contributed by atoms with Crippen molar-refractivity contribution in [2.75, 3.05) is 6.54 Å². The molecule has 0 aliphatic heterocycles. The lowest BCUT2D eigenvalue weighted by atomic mass is 10.1. The number of ketones is 1. The van der Waals surface area contributed by atoms with Crippen molar-refractivity contribution in [1.29, 1.82) is 0 Å². The Hall–Kier alpha value is -0.950. The Bertz CT molecular complexity index is 317. The van der Waals surface area contributed by atoms with E-state index in [1.54, 1.807) is 0 Å². The molecular weight excluding hydrogens is 246 g/mol. The second kappa shape index (κ2) is 11.2. The molecule has 1 atom stereocenters. The number of unbranched alkanes of at least 4 members (excludes halogenated alkanes) is 4. The van der Waals surface area contributed by atoms with Crippen LogP contribution in [0.3, 0.4) is 0 Å². The highest BCUT2D eigenvalue weighted by Crippen LogP contribution is 2.02. The van der Waals surface area contributed by atoms with Crippen LogP contribution >= 0.6 is 12.6 Å². The van der Waals surface area contributed by atoms with Crippen LogP contribution in [-0.2, 0) is 9.59 Å². The number of carbonyl (C=O) groups excluding carboxylic acids is 2. The number of carbonyl (C=O) groups is 2. The van der Waals surface area contributed by atoms with Crippen molar-refractivity contribution in [3.05, 3.63) is 0 Å². The molecular formula is C14H23NO2S. The molecule has 0 heterocycles. The first-order valence-corrected chi connectivity index (χ1v) is 7.00. The lowest BCUT2D eigenvalue weighted by Gasteiger charge is -2.07. The van der Waals surface area contributed by atoms with Gasteiger partial charge in [0.1, 0.15) is 0 Å². The summed E-state index contributed by atoms with van der Waals surface area (Å²) < 4.78 is 0. The van der Waals surface area contributed by atoms with Crippen LogP contribution in [0.4, 0.5) is 0 Å². The molecule has 0 spiro atoms. The smallest absolute Gasteiger partial charge is 0.216 e. The zero-order valence-corrected chi connectivity index (χ0v) is 12.2. The molecule has 0 saturated heterocycles. The van der Waals surface area contributed by atoms with Gasteiger partial charge in [-0.2, -0.15) is 12.6 Å². The fourth-order valence-electron chi connectivity index (χ4n) is 1.35. The van der Waals surface area contributed by atoms with Crippen LogP contribution in [-0.4, -0.2) is 23.5 Å². The summed E-state index contributed by atoms with van der Waals surface area (Å²) in [6, 6.07) is 0. The molecule has 4 heteroatoms. The topological polar surface area (TPSA) is 46.2 Å². The first-order chi connectivity index (χ1) is 8.57. The van der Waals surface area contributed by atoms with Crippen LogP contribution in [0.25, 0.3) is 0 Å². The van der Waals surface area contributed by atoms with Gasteiger partial charge in [-0.25, -0.2) is 0 Å². The standard InChI is InChI=1S/C14H23NO2S/c1-3-4-5-6-7-8-9-10-13(17)14(18)11-15-12(2)16/h14,18H,3-7,10-11H2,1-2H3,(H,15,16). The van der Waals surface area contributed by atoms with Crippen molar-refractivity contribution >= 4 is 24.3 Å². The van der Waals surface area contributed by atoms with Crippen LogP contribution in [0.1, 0.15) is 52.4 Å². The van der Waals surface area contributed by atoms with Gasteiger partial charge in [-0.1, -0.05) is 32.1 Å². The second-order valence-electron chi connectivity index (χ2n) is 4.26. The Balaban J connectivity index is 3.68. The fourth-order valence-corrected chi connectivity index (χ4v) is 1.53. The number of hydrogen-bond donors (Lipinski definition) is 2. The lowest BCUT2D eigenvalue weighted by molar-refractivity contribution is -0.119. The van der Waals surface area contributed by atoms with Crippen LogP contribution in [0.2, 0.25) is 0 Å². The summed E-state index contributed by atoms with van der Waals surface area (Å²) in [5.74, 6) is 5.69. The summed E-state index contributed by atoms with van der Waals surface area (Å²) in [4.78, 5) is 22.2. The monoisotopic (exact) mass is 269 g/mol. The number of thiol groups is 1. The van der Waals surface area contributed by atoms with E-state index in [-0.39, 0.29) is 24.7 Å². The van der Waals surface area contributed by atoms with E-state index >= 15 is 0 Å². The molecule has 18 heavy (non-hydrogen) atoms. The average molecular weight is 269 g/mol. The van der Waals surface area contributed by atoms with E-state index in [1.807, 2.05) is 0 Å². The maximum absolute atomic E-state index is 11.6. The van der Waals surface area contributed by atoms with Gasteiger partial charge < -0.3 is 5.32 Å². The molecule has 0 aliphatic rings. The minimum absolute atomic E-state index is 0.0341. The van der Waals surface area contributed by atoms with Gasteiger partial charge in [0.2, 0.25) is 5.91 Å². The summed E-state index contributed by atoms with van der Waals surface area (Å²) in [6.07, 6.45) is 5.85. The first-order valence-electron chi connectivity index (χ1n) is 6.48. The Morgan fingerprint density at radius 2 is 1.94 bits per heavy atom. The zero-order valence-electron chi connectivity index (χ0n) is 11.3. The summed E-state index contributed by atoms with van der Waals surface area (Å²) in [5, 5.41) is 2.11. The maximum Gasteiger partial charge on any atom is 0.216 e. The molecule has 0 rings (SSSR count). The molecule has 102 valence electrons. The lowest BCUT2D eigenvalue weighted by Crippen LogP contribution is -2.32. The Labute approximate surface area is 116 Å². The third kappa shape index (κ3) is 10.2. The largest absolute Gasteiger partial charge is 0.355 e. The molecule has 0 aromatic heterocycles. The van der Waals surface area contributed by atoms with E-state index in [9.17, 15) is 9.59 Å². The van der Waals surface area contributed by atoms with E-state index < -0.39 is 5.25 Å². The Morgan fingerprint density at radius 3 is 2.56 bits per heavy atom. The third-order valence-corrected chi connectivity index (χ3v) is 2.93. The van der Waals surface area contributed by atoms with Crippen LogP contribution in [0.5, 0.6) is 0 Å². The normalized spacial score (nSPS) is 11.3. The van der Waals surface area contributed by atoms with E-state index in [0.29, 0.717) is 0 Å². The van der Waals surface area contributed by atoms with Gasteiger partial charge in [0.25, 0.3) is 0 Å². The van der Waals surface area contributed by atoms with Crippen LogP contribution in [0.15, 0.2) is 0 Å². The van der Waals surface area contributed by atoms with E-state index in [0.717, 1.165) is 12.8 Å². The van der Waals surface area contributed by atoms with Crippen LogP contribution < -0.4 is 5.32 Å². The van der Waals surface area contributed by atoms with E-state index in [2.05, 4.69) is 36.7 Å². The van der Waals surface area contributed by atoms with Gasteiger partial charge >= 0.3 is 0 Å². The molecule has 3 nitrogen and oxygen atoms in total. The molecule has 0 bridgehead atoms. The molecule has 0 radical (unpaired) electrons. The molecule has 0 aromatic carbocycles. The maximum atomic E-state index is 11.6. The van der Waals surface area contributed by atoms with E-state index in [1.165, 1.54) is 26.2 Å². The van der Waals surface area contributed by atoms with Gasteiger partial charge in [0.15, 0.2) is 5.78 Å². The minimum atomic E-state index is -0.455. The number of Topliss-reactive ketones (excluding diaryl/α,β-unsaturated/α-hetero) is 1. The highest BCUT2D eigenvalue weighted by Gasteiger charge is 2.12. The van der Waals surface area contributed by atoms with Gasteiger partial charge in [-0.05, 0) is 6.42 Å². The van der Waals surface area contributed by atoms with Gasteiger partial charge in [0, 0.05) is 19.9 Å². The van der Waals surface area contributed by atoms with Gasteiger partial charge in [-0.3, -0.25) is 9.59 Å². The summed E-state index contributed by atoms with van der Waals surface area (Å²) in [6.45, 7) is 3.86. The number of nitrogens with one attached hydrogen (secondary N) is 1. The second-order valence-corrected chi connectivity index (χ2v) is 4.88. The first kappa shape index (κ1) is 17.1. The van der Waals surface area contributed by atoms with Gasteiger partial charge in [0.05, 0.1) is 11.7 Å². The van der Waals surface area contributed by atoms with Crippen molar-refractivity contribution in [3.8, 4) is 11.8 Å². The highest BCUT2D eigenvalue weighted by molar-refractivity contribution is 7.81. The van der Waals surface area contributed by atoms with Crippen molar-refractivity contribution < 1.29 is 9.59 Å². The number of amides is 1. The predicted molar refractivity (Wildman–Crippen MR) is 77.6 cm³/mol. The molecule has 1 N–H and O–H groups in total. The molecule has 1 amide bonds. The van der Waals surface area contributed by atoms with Crippen molar-refractivity contribution in [1.82, 2.24) is 5.32 Å². The highest BCUT2D eigenvalue weighted by atomic mass is 32.1. The number of hydrogen-bond acceptors (Lipinski definition) is 3. The molecule has 0 aromatic rings. The fraction of sp³-hybridized carbons (Fsp3) is 0.714. The van der Waals surface area contributed by atoms with Crippen molar-refractivity contribution in [3.63, 3.8) is 0 Å². The quantitative estimate of drug-likeness (QED) is 0.404. The Kier molecular flexibility index (Phi) is 10.6. The van der Waals surface area contributed by atoms with E-state index in [4.69, 9.17) is 0 Å². The molecule has 0 fully saturated rings. The van der Waals surface area contributed by atoms with Crippen molar-refractivity contribution in [2.45, 2.75) is 57.6 Å². The summed E-state index contributed by atoms with van der Waals surface area (Å²) in [5.41, 5.74) is 0. The third-order valence-electron chi connectivity index (χ3n) is 2.46.